The van der Waals surface area contributed by atoms with Gasteiger partial charge in [-0.3, -0.25) is 9.59 Å². The second-order valence-electron chi connectivity index (χ2n) is 4.48. The molecule has 0 radical (unpaired) electrons. The smallest absolute Gasteiger partial charge is 0.241 e. The third kappa shape index (κ3) is 3.91. The van der Waals surface area contributed by atoms with E-state index in [9.17, 15) is 9.59 Å². The summed E-state index contributed by atoms with van der Waals surface area (Å²) in [5.74, 6) is 1.67. The van der Waals surface area contributed by atoms with Crippen LogP contribution in [0.15, 0.2) is 0 Å². The van der Waals surface area contributed by atoms with Crippen LogP contribution in [0.3, 0.4) is 0 Å². The number of hydrogen-bond donors (Lipinski definition) is 1. The van der Waals surface area contributed by atoms with Gasteiger partial charge in [0.05, 0.1) is 0 Å². The number of carbonyl (C=O) groups is 2. The molecular formula is C12H22N2O2S. The largest absolute Gasteiger partial charge is 0.368 e. The summed E-state index contributed by atoms with van der Waals surface area (Å²) in [7, 11) is 0. The Bertz CT molecular complexity index is 284. The average Bonchev–Trinajstić information content (AvgIpc) is 2.61. The molecular weight excluding hydrogens is 236 g/mol. The van der Waals surface area contributed by atoms with Crippen molar-refractivity contribution < 1.29 is 9.59 Å². The Morgan fingerprint density at radius 3 is 2.82 bits per heavy atom. The molecule has 98 valence electrons. The lowest BCUT2D eigenvalue weighted by Gasteiger charge is -2.25. The molecule has 1 fully saturated rings. The molecule has 17 heavy (non-hydrogen) atoms. The minimum Gasteiger partial charge on any atom is -0.368 e. The zero-order valence-electron chi connectivity index (χ0n) is 10.6. The Morgan fingerprint density at radius 2 is 2.29 bits per heavy atom. The lowest BCUT2D eigenvalue weighted by Crippen LogP contribution is -2.47. The van der Waals surface area contributed by atoms with Crippen LogP contribution in [-0.2, 0) is 9.59 Å². The molecule has 2 amide bonds. The molecule has 5 heteroatoms. The minimum atomic E-state index is -0.422. The molecule has 0 saturated carbocycles. The highest BCUT2D eigenvalue weighted by atomic mass is 32.2. The lowest BCUT2D eigenvalue weighted by molar-refractivity contribution is -0.135. The van der Waals surface area contributed by atoms with Crippen LogP contribution in [0.2, 0.25) is 0 Å². The summed E-state index contributed by atoms with van der Waals surface area (Å²) in [6.07, 6.45) is 2.71. The average molecular weight is 258 g/mol. The molecule has 0 aromatic heterocycles. The first kappa shape index (κ1) is 14.4. The van der Waals surface area contributed by atoms with Crippen LogP contribution < -0.4 is 5.73 Å². The maximum Gasteiger partial charge on any atom is 0.241 e. The van der Waals surface area contributed by atoms with Crippen molar-refractivity contribution in [3.63, 3.8) is 0 Å². The van der Waals surface area contributed by atoms with Crippen LogP contribution in [0.1, 0.15) is 33.1 Å². The highest BCUT2D eigenvalue weighted by Gasteiger charge is 2.36. The number of nitrogens with two attached hydrogens (primary N) is 1. The topological polar surface area (TPSA) is 63.4 Å². The van der Waals surface area contributed by atoms with E-state index < -0.39 is 6.04 Å². The number of rotatable bonds is 7. The van der Waals surface area contributed by atoms with Crippen molar-refractivity contribution in [2.24, 2.45) is 11.7 Å². The molecule has 1 aliphatic rings. The molecule has 0 aromatic carbocycles. The van der Waals surface area contributed by atoms with E-state index in [4.69, 9.17) is 5.73 Å². The van der Waals surface area contributed by atoms with Gasteiger partial charge in [-0.2, -0.15) is 11.8 Å². The Morgan fingerprint density at radius 1 is 1.59 bits per heavy atom. The molecule has 2 N–H and O–H groups in total. The normalized spacial score (nSPS) is 21.9. The van der Waals surface area contributed by atoms with Crippen molar-refractivity contribution in [1.82, 2.24) is 4.90 Å². The molecule has 4 nitrogen and oxygen atoms in total. The summed E-state index contributed by atoms with van der Waals surface area (Å²) >= 11 is 1.65. The number of thioether (sulfide) groups is 1. The fourth-order valence-electron chi connectivity index (χ4n) is 2.27. The van der Waals surface area contributed by atoms with Gasteiger partial charge in [-0.15, -0.1) is 0 Å². The summed E-state index contributed by atoms with van der Waals surface area (Å²) in [6, 6.07) is -0.422. The van der Waals surface area contributed by atoms with E-state index >= 15 is 0 Å². The third-order valence-electron chi connectivity index (χ3n) is 3.12. The van der Waals surface area contributed by atoms with Gasteiger partial charge in [0.2, 0.25) is 11.8 Å². The number of nitrogens with zero attached hydrogens (tertiary/aromatic N) is 1. The Balaban J connectivity index is 2.61. The van der Waals surface area contributed by atoms with Crippen LogP contribution >= 0.6 is 11.8 Å². The quantitative estimate of drug-likeness (QED) is 0.747. The van der Waals surface area contributed by atoms with E-state index in [1.54, 1.807) is 16.7 Å². The number of carbonyl (C=O) groups excluding carboxylic acids is 2. The molecule has 1 heterocycles. The van der Waals surface area contributed by atoms with Crippen molar-refractivity contribution >= 4 is 23.6 Å². The van der Waals surface area contributed by atoms with Gasteiger partial charge in [0.1, 0.15) is 6.04 Å². The van der Waals surface area contributed by atoms with Crippen molar-refractivity contribution in [2.45, 2.75) is 39.2 Å². The first-order valence-electron chi connectivity index (χ1n) is 6.26. The SMILES string of the molecule is CCCC1CC(=O)N(C(CSCC)C(N)=O)C1. The fourth-order valence-corrected chi connectivity index (χ4v) is 3.07. The predicted octanol–water partition coefficient (Wildman–Crippen LogP) is 1.24. The highest BCUT2D eigenvalue weighted by Crippen LogP contribution is 2.25. The molecule has 2 atom stereocenters. The first-order valence-corrected chi connectivity index (χ1v) is 7.42. The highest BCUT2D eigenvalue weighted by molar-refractivity contribution is 7.99. The minimum absolute atomic E-state index is 0.0870. The van der Waals surface area contributed by atoms with Gasteiger partial charge in [-0.1, -0.05) is 20.3 Å². The fraction of sp³-hybridized carbons (Fsp3) is 0.833. The van der Waals surface area contributed by atoms with E-state index in [1.807, 2.05) is 6.92 Å². The van der Waals surface area contributed by atoms with Gasteiger partial charge in [0, 0.05) is 18.7 Å². The maximum atomic E-state index is 11.9. The number of primary amides is 1. The van der Waals surface area contributed by atoms with E-state index in [-0.39, 0.29) is 11.8 Å². The number of amides is 2. The second kappa shape index (κ2) is 6.89. The Hall–Kier alpha value is -0.710. The van der Waals surface area contributed by atoms with Gasteiger partial charge in [-0.25, -0.2) is 0 Å². The van der Waals surface area contributed by atoms with E-state index in [0.717, 1.165) is 18.6 Å². The molecule has 2 unspecified atom stereocenters. The van der Waals surface area contributed by atoms with E-state index in [1.165, 1.54) is 0 Å². The zero-order chi connectivity index (χ0) is 12.8. The van der Waals surface area contributed by atoms with E-state index in [0.29, 0.717) is 24.6 Å². The van der Waals surface area contributed by atoms with E-state index in [2.05, 4.69) is 6.92 Å². The molecule has 0 aromatic rings. The number of likely N-dealkylation sites (tertiary alicyclic amines) is 1. The van der Waals surface area contributed by atoms with Crippen LogP contribution in [0, 0.1) is 5.92 Å². The molecule has 0 bridgehead atoms. The van der Waals surface area contributed by atoms with Gasteiger partial charge in [0.25, 0.3) is 0 Å². The van der Waals surface area contributed by atoms with Gasteiger partial charge >= 0.3 is 0 Å². The van der Waals surface area contributed by atoms with Crippen molar-refractivity contribution in [3.8, 4) is 0 Å². The van der Waals surface area contributed by atoms with Gasteiger partial charge in [-0.05, 0) is 18.1 Å². The second-order valence-corrected chi connectivity index (χ2v) is 5.80. The molecule has 1 saturated heterocycles. The molecule has 0 spiro atoms. The maximum absolute atomic E-state index is 11.9. The van der Waals surface area contributed by atoms with Crippen molar-refractivity contribution in [2.75, 3.05) is 18.1 Å². The summed E-state index contributed by atoms with van der Waals surface area (Å²) in [4.78, 5) is 25.0. The van der Waals surface area contributed by atoms with Crippen molar-refractivity contribution in [3.05, 3.63) is 0 Å². The number of hydrogen-bond acceptors (Lipinski definition) is 3. The van der Waals surface area contributed by atoms with Gasteiger partial charge in [0.15, 0.2) is 0 Å². The lowest BCUT2D eigenvalue weighted by atomic mass is 10.0. The summed E-state index contributed by atoms with van der Waals surface area (Å²) in [5, 5.41) is 0. The van der Waals surface area contributed by atoms with Crippen LogP contribution in [0.25, 0.3) is 0 Å². The van der Waals surface area contributed by atoms with Gasteiger partial charge < -0.3 is 10.6 Å². The molecule has 1 rings (SSSR count). The standard InChI is InChI=1S/C12H22N2O2S/c1-3-5-9-6-11(15)14(7-9)10(12(13)16)8-17-4-2/h9-10H,3-8H2,1-2H3,(H2,13,16). The summed E-state index contributed by atoms with van der Waals surface area (Å²) in [6.45, 7) is 4.85. The third-order valence-corrected chi connectivity index (χ3v) is 4.08. The summed E-state index contributed by atoms with van der Waals surface area (Å²) in [5.41, 5.74) is 5.39. The van der Waals surface area contributed by atoms with Crippen LogP contribution in [0.4, 0.5) is 0 Å². The first-order chi connectivity index (χ1) is 8.10. The van der Waals surface area contributed by atoms with Crippen molar-refractivity contribution in [1.29, 1.82) is 0 Å². The monoisotopic (exact) mass is 258 g/mol. The van der Waals surface area contributed by atoms with Crippen LogP contribution in [0.5, 0.6) is 0 Å². The Labute approximate surface area is 107 Å². The predicted molar refractivity (Wildman–Crippen MR) is 70.7 cm³/mol. The molecule has 1 aliphatic heterocycles. The zero-order valence-corrected chi connectivity index (χ0v) is 11.5. The van der Waals surface area contributed by atoms with Crippen LogP contribution in [-0.4, -0.2) is 40.8 Å². The molecule has 0 aliphatic carbocycles. The summed E-state index contributed by atoms with van der Waals surface area (Å²) < 4.78 is 0. The Kier molecular flexibility index (Phi) is 5.82.